The van der Waals surface area contributed by atoms with Crippen LogP contribution in [0.4, 0.5) is 0 Å². The van der Waals surface area contributed by atoms with Gasteiger partial charge in [-0.2, -0.15) is 12.7 Å². The molecule has 1 rings (SSSR count). The monoisotopic (exact) mass is 306 g/mol. The van der Waals surface area contributed by atoms with Crippen molar-refractivity contribution in [1.29, 1.82) is 0 Å². The van der Waals surface area contributed by atoms with Crippen LogP contribution in [0.5, 0.6) is 0 Å². The van der Waals surface area contributed by atoms with E-state index in [1.54, 1.807) is 0 Å². The number of hydrogen-bond donors (Lipinski definition) is 2. The zero-order chi connectivity index (χ0) is 15.2. The van der Waals surface area contributed by atoms with Gasteiger partial charge in [0, 0.05) is 20.1 Å². The van der Waals surface area contributed by atoms with Crippen molar-refractivity contribution in [2.24, 2.45) is 11.8 Å². The summed E-state index contributed by atoms with van der Waals surface area (Å²) in [5, 5.41) is 8.55. The number of aliphatic carboxylic acids is 1. The average molecular weight is 306 g/mol. The maximum absolute atomic E-state index is 11.9. The molecular weight excluding hydrogens is 280 g/mol. The zero-order valence-electron chi connectivity index (χ0n) is 12.3. The maximum Gasteiger partial charge on any atom is 0.304 e. The van der Waals surface area contributed by atoms with E-state index >= 15 is 0 Å². The Morgan fingerprint density at radius 3 is 2.45 bits per heavy atom. The van der Waals surface area contributed by atoms with Crippen molar-refractivity contribution in [3.63, 3.8) is 0 Å². The van der Waals surface area contributed by atoms with Crippen LogP contribution in [0.2, 0.25) is 0 Å². The zero-order valence-corrected chi connectivity index (χ0v) is 13.2. The highest BCUT2D eigenvalue weighted by Crippen LogP contribution is 2.29. The van der Waals surface area contributed by atoms with Crippen LogP contribution < -0.4 is 4.72 Å². The van der Waals surface area contributed by atoms with E-state index in [1.165, 1.54) is 32.7 Å². The van der Waals surface area contributed by atoms with Crippen LogP contribution in [0.15, 0.2) is 0 Å². The first-order chi connectivity index (χ1) is 9.31. The standard InChI is InChI=1S/C13H26N2O4S/c1-11-3-5-12(6-4-11)7-9-14-20(18,19)15(2)10-8-13(16)17/h11-12,14H,3-10H2,1-2H3,(H,16,17). The number of carbonyl (C=O) groups is 1. The summed E-state index contributed by atoms with van der Waals surface area (Å²) in [6, 6.07) is 0. The summed E-state index contributed by atoms with van der Waals surface area (Å²) in [5.74, 6) is 0.409. The first-order valence-corrected chi connectivity index (χ1v) is 8.68. The fraction of sp³-hybridized carbons (Fsp3) is 0.923. The molecule has 0 bridgehead atoms. The Morgan fingerprint density at radius 2 is 1.90 bits per heavy atom. The molecule has 0 atom stereocenters. The number of nitrogens with zero attached hydrogens (tertiary/aromatic N) is 1. The van der Waals surface area contributed by atoms with Gasteiger partial charge < -0.3 is 5.11 Å². The van der Waals surface area contributed by atoms with Gasteiger partial charge in [0.15, 0.2) is 0 Å². The summed E-state index contributed by atoms with van der Waals surface area (Å²) in [5.41, 5.74) is 0. The first kappa shape index (κ1) is 17.4. The van der Waals surface area contributed by atoms with Crippen LogP contribution >= 0.6 is 0 Å². The summed E-state index contributed by atoms with van der Waals surface area (Å²) in [6.07, 6.45) is 5.50. The fourth-order valence-corrected chi connectivity index (χ4v) is 3.42. The van der Waals surface area contributed by atoms with E-state index in [0.29, 0.717) is 12.5 Å². The lowest BCUT2D eigenvalue weighted by atomic mass is 9.81. The summed E-state index contributed by atoms with van der Waals surface area (Å²) in [7, 11) is -2.15. The van der Waals surface area contributed by atoms with Gasteiger partial charge in [0.05, 0.1) is 6.42 Å². The Morgan fingerprint density at radius 1 is 1.30 bits per heavy atom. The van der Waals surface area contributed by atoms with Crippen molar-refractivity contribution in [2.75, 3.05) is 20.1 Å². The fourth-order valence-electron chi connectivity index (χ4n) is 2.49. The molecule has 0 aliphatic heterocycles. The number of hydrogen-bond acceptors (Lipinski definition) is 3. The van der Waals surface area contributed by atoms with Crippen molar-refractivity contribution in [2.45, 2.75) is 45.4 Å². The normalized spacial score (nSPS) is 23.9. The number of nitrogens with one attached hydrogen (secondary N) is 1. The number of rotatable bonds is 8. The molecule has 0 aromatic rings. The molecule has 1 saturated carbocycles. The predicted molar refractivity (Wildman–Crippen MR) is 77.5 cm³/mol. The van der Waals surface area contributed by atoms with E-state index in [1.807, 2.05) is 0 Å². The minimum absolute atomic E-state index is 0.00832. The second-order valence-electron chi connectivity index (χ2n) is 5.78. The van der Waals surface area contributed by atoms with Gasteiger partial charge in [0.25, 0.3) is 10.2 Å². The van der Waals surface area contributed by atoms with Gasteiger partial charge in [0.2, 0.25) is 0 Å². The van der Waals surface area contributed by atoms with E-state index in [-0.39, 0.29) is 13.0 Å². The van der Waals surface area contributed by atoms with Crippen molar-refractivity contribution >= 4 is 16.2 Å². The summed E-state index contributed by atoms with van der Waals surface area (Å²) < 4.78 is 27.3. The van der Waals surface area contributed by atoms with Gasteiger partial charge in [-0.3, -0.25) is 4.79 Å². The van der Waals surface area contributed by atoms with Crippen LogP contribution in [0.3, 0.4) is 0 Å². The van der Waals surface area contributed by atoms with Gasteiger partial charge in [-0.25, -0.2) is 4.72 Å². The second kappa shape index (κ2) is 7.95. The Kier molecular flexibility index (Phi) is 6.91. The molecule has 0 aromatic carbocycles. The summed E-state index contributed by atoms with van der Waals surface area (Å²) in [4.78, 5) is 10.4. The van der Waals surface area contributed by atoms with Gasteiger partial charge in [0.1, 0.15) is 0 Å². The quantitative estimate of drug-likeness (QED) is 0.710. The molecule has 20 heavy (non-hydrogen) atoms. The molecule has 1 aliphatic rings. The molecule has 0 saturated heterocycles. The molecule has 7 heteroatoms. The molecule has 0 aromatic heterocycles. The van der Waals surface area contributed by atoms with Gasteiger partial charge in [-0.05, 0) is 18.3 Å². The van der Waals surface area contributed by atoms with Gasteiger partial charge in [-0.15, -0.1) is 0 Å². The van der Waals surface area contributed by atoms with E-state index in [4.69, 9.17) is 5.11 Å². The van der Waals surface area contributed by atoms with Crippen LogP contribution in [-0.2, 0) is 15.0 Å². The third-order valence-corrected chi connectivity index (χ3v) is 5.60. The summed E-state index contributed by atoms with van der Waals surface area (Å²) >= 11 is 0. The van der Waals surface area contributed by atoms with Crippen molar-refractivity contribution in [1.82, 2.24) is 9.03 Å². The molecule has 118 valence electrons. The molecule has 2 N–H and O–H groups in total. The molecule has 0 heterocycles. The maximum atomic E-state index is 11.9. The highest BCUT2D eigenvalue weighted by Gasteiger charge is 2.21. The van der Waals surface area contributed by atoms with Crippen LogP contribution in [0.25, 0.3) is 0 Å². The lowest BCUT2D eigenvalue weighted by Gasteiger charge is -2.26. The van der Waals surface area contributed by atoms with Crippen molar-refractivity contribution in [3.05, 3.63) is 0 Å². The lowest BCUT2D eigenvalue weighted by Crippen LogP contribution is -2.40. The number of carboxylic acid groups (broad SMARTS) is 1. The largest absolute Gasteiger partial charge is 0.481 e. The van der Waals surface area contributed by atoms with E-state index in [9.17, 15) is 13.2 Å². The Balaban J connectivity index is 2.27. The molecule has 0 amide bonds. The Bertz CT molecular complexity index is 403. The molecule has 0 radical (unpaired) electrons. The third kappa shape index (κ3) is 6.19. The Hall–Kier alpha value is -0.660. The average Bonchev–Trinajstić information content (AvgIpc) is 2.38. The molecule has 6 nitrogen and oxygen atoms in total. The topological polar surface area (TPSA) is 86.7 Å². The van der Waals surface area contributed by atoms with Crippen LogP contribution in [0, 0.1) is 11.8 Å². The lowest BCUT2D eigenvalue weighted by molar-refractivity contribution is -0.137. The van der Waals surface area contributed by atoms with Crippen molar-refractivity contribution < 1.29 is 18.3 Å². The SMILES string of the molecule is CC1CCC(CCNS(=O)(=O)N(C)CCC(=O)O)CC1. The molecule has 0 unspecified atom stereocenters. The van der Waals surface area contributed by atoms with Crippen LogP contribution in [-0.4, -0.2) is 43.9 Å². The highest BCUT2D eigenvalue weighted by atomic mass is 32.2. The van der Waals surface area contributed by atoms with Crippen LogP contribution in [0.1, 0.15) is 45.4 Å². The van der Waals surface area contributed by atoms with Crippen molar-refractivity contribution in [3.8, 4) is 0 Å². The van der Waals surface area contributed by atoms with E-state index in [0.717, 1.165) is 16.6 Å². The molecule has 1 aliphatic carbocycles. The molecule has 0 spiro atoms. The molecular formula is C13H26N2O4S. The minimum Gasteiger partial charge on any atom is -0.481 e. The Labute approximate surface area is 121 Å². The minimum atomic E-state index is -3.55. The van der Waals surface area contributed by atoms with Gasteiger partial charge in [-0.1, -0.05) is 32.6 Å². The smallest absolute Gasteiger partial charge is 0.304 e. The highest BCUT2D eigenvalue weighted by molar-refractivity contribution is 7.87. The number of carboxylic acids is 1. The van der Waals surface area contributed by atoms with E-state index in [2.05, 4.69) is 11.6 Å². The second-order valence-corrected chi connectivity index (χ2v) is 7.64. The summed E-state index contributed by atoms with van der Waals surface area (Å²) in [6.45, 7) is 2.68. The first-order valence-electron chi connectivity index (χ1n) is 7.24. The molecule has 1 fully saturated rings. The van der Waals surface area contributed by atoms with Gasteiger partial charge >= 0.3 is 5.97 Å². The third-order valence-electron chi connectivity index (χ3n) is 4.02. The predicted octanol–water partition coefficient (Wildman–Crippen LogP) is 1.44. The van der Waals surface area contributed by atoms with E-state index < -0.39 is 16.2 Å².